The van der Waals surface area contributed by atoms with Crippen LogP contribution in [0.4, 0.5) is 5.69 Å². The van der Waals surface area contributed by atoms with Gasteiger partial charge in [0.25, 0.3) is 0 Å². The number of rotatable bonds is 3. The zero-order valence-electron chi connectivity index (χ0n) is 9.56. The van der Waals surface area contributed by atoms with Crippen LogP contribution in [-0.2, 0) is 16.1 Å². The van der Waals surface area contributed by atoms with E-state index in [-0.39, 0.29) is 24.9 Å². The van der Waals surface area contributed by atoms with Gasteiger partial charge in [0.2, 0.25) is 11.8 Å². The third-order valence-corrected chi connectivity index (χ3v) is 2.50. The number of carbonyl (C=O) groups is 2. The molecule has 6 nitrogen and oxygen atoms in total. The lowest BCUT2D eigenvalue weighted by molar-refractivity contribution is -0.136. The van der Waals surface area contributed by atoms with E-state index in [1.54, 1.807) is 11.1 Å². The van der Waals surface area contributed by atoms with Crippen LogP contribution >= 0.6 is 0 Å². The first-order chi connectivity index (χ1) is 8.17. The Morgan fingerprint density at radius 1 is 1.41 bits per heavy atom. The van der Waals surface area contributed by atoms with Crippen molar-refractivity contribution >= 4 is 17.5 Å². The third-order valence-electron chi connectivity index (χ3n) is 2.50. The van der Waals surface area contributed by atoms with Gasteiger partial charge in [0.15, 0.2) is 0 Å². The van der Waals surface area contributed by atoms with Crippen LogP contribution in [0.15, 0.2) is 18.3 Å². The van der Waals surface area contributed by atoms with Gasteiger partial charge in [-0.15, -0.1) is 0 Å². The number of amides is 2. The van der Waals surface area contributed by atoms with Crippen molar-refractivity contribution in [2.45, 2.75) is 6.54 Å². The molecule has 0 saturated carbocycles. The number of hydrogen-bond acceptors (Lipinski definition) is 5. The number of hydrogen-bond donors (Lipinski definition) is 2. The zero-order valence-corrected chi connectivity index (χ0v) is 9.56. The molecule has 0 radical (unpaired) electrons. The van der Waals surface area contributed by atoms with Gasteiger partial charge in [0.1, 0.15) is 0 Å². The van der Waals surface area contributed by atoms with Crippen molar-refractivity contribution in [2.75, 3.05) is 25.5 Å². The molecule has 0 aromatic carbocycles. The van der Waals surface area contributed by atoms with E-state index >= 15 is 0 Å². The van der Waals surface area contributed by atoms with Crippen molar-refractivity contribution in [3.8, 4) is 0 Å². The van der Waals surface area contributed by atoms with Crippen LogP contribution in [0.25, 0.3) is 0 Å². The molecule has 1 aromatic heterocycles. The molecule has 2 rings (SSSR count). The van der Waals surface area contributed by atoms with Crippen molar-refractivity contribution in [1.29, 1.82) is 0 Å². The molecule has 1 aliphatic heterocycles. The maximum absolute atomic E-state index is 11.2. The number of pyridine rings is 1. The second-order valence-corrected chi connectivity index (χ2v) is 3.90. The van der Waals surface area contributed by atoms with Crippen LogP contribution in [0.5, 0.6) is 0 Å². The molecule has 1 fully saturated rings. The predicted molar refractivity (Wildman–Crippen MR) is 62.2 cm³/mol. The minimum absolute atomic E-state index is 0.233. The maximum Gasteiger partial charge on any atom is 0.240 e. The van der Waals surface area contributed by atoms with Crippen LogP contribution in [0.2, 0.25) is 0 Å². The highest BCUT2D eigenvalue weighted by molar-refractivity contribution is 5.99. The molecule has 1 aliphatic rings. The number of imide groups is 1. The van der Waals surface area contributed by atoms with E-state index in [0.29, 0.717) is 6.54 Å². The molecule has 0 unspecified atom stereocenters. The van der Waals surface area contributed by atoms with Gasteiger partial charge in [-0.1, -0.05) is 0 Å². The summed E-state index contributed by atoms with van der Waals surface area (Å²) in [7, 11) is 1.83. The lowest BCUT2D eigenvalue weighted by Gasteiger charge is -2.24. The number of nitrogens with one attached hydrogen (secondary N) is 2. The van der Waals surface area contributed by atoms with Crippen molar-refractivity contribution < 1.29 is 9.59 Å². The number of piperazine rings is 1. The van der Waals surface area contributed by atoms with E-state index < -0.39 is 0 Å². The fraction of sp³-hybridized carbons (Fsp3) is 0.364. The largest absolute Gasteiger partial charge is 0.388 e. The Bertz CT molecular complexity index is 431. The highest BCUT2D eigenvalue weighted by Gasteiger charge is 2.22. The predicted octanol–water partition coefficient (Wildman–Crippen LogP) is -0.418. The summed E-state index contributed by atoms with van der Waals surface area (Å²) in [4.78, 5) is 28.4. The van der Waals surface area contributed by atoms with Crippen molar-refractivity contribution in [2.24, 2.45) is 0 Å². The van der Waals surface area contributed by atoms with Gasteiger partial charge in [0, 0.05) is 25.5 Å². The molecule has 1 aromatic rings. The summed E-state index contributed by atoms with van der Waals surface area (Å²) < 4.78 is 0. The fourth-order valence-corrected chi connectivity index (χ4v) is 1.76. The Kier molecular flexibility index (Phi) is 3.34. The first-order valence-electron chi connectivity index (χ1n) is 5.35. The second-order valence-electron chi connectivity index (χ2n) is 3.90. The Labute approximate surface area is 99.0 Å². The summed E-state index contributed by atoms with van der Waals surface area (Å²) in [5, 5.41) is 5.28. The van der Waals surface area contributed by atoms with Crippen LogP contribution in [0, 0.1) is 0 Å². The molecule has 0 spiro atoms. The van der Waals surface area contributed by atoms with Gasteiger partial charge in [0.05, 0.1) is 18.8 Å². The first-order valence-corrected chi connectivity index (χ1v) is 5.35. The fourth-order valence-electron chi connectivity index (χ4n) is 1.76. The molecule has 0 atom stereocenters. The van der Waals surface area contributed by atoms with Gasteiger partial charge >= 0.3 is 0 Å². The summed E-state index contributed by atoms with van der Waals surface area (Å²) >= 11 is 0. The van der Waals surface area contributed by atoms with Gasteiger partial charge in [-0.25, -0.2) is 0 Å². The molecule has 0 bridgehead atoms. The van der Waals surface area contributed by atoms with Crippen molar-refractivity contribution in [3.63, 3.8) is 0 Å². The van der Waals surface area contributed by atoms with Crippen molar-refractivity contribution in [1.82, 2.24) is 15.2 Å². The molecule has 0 aliphatic carbocycles. The SMILES string of the molecule is CNc1ccnc(CN2CC(=O)NC(=O)C2)c1. The van der Waals surface area contributed by atoms with Gasteiger partial charge in [-0.05, 0) is 12.1 Å². The summed E-state index contributed by atoms with van der Waals surface area (Å²) in [6.45, 7) is 0.961. The van der Waals surface area contributed by atoms with Gasteiger partial charge < -0.3 is 5.32 Å². The van der Waals surface area contributed by atoms with E-state index in [1.165, 1.54) is 0 Å². The Morgan fingerprint density at radius 3 is 2.76 bits per heavy atom. The van der Waals surface area contributed by atoms with E-state index in [0.717, 1.165) is 11.4 Å². The molecular weight excluding hydrogens is 220 g/mol. The van der Waals surface area contributed by atoms with E-state index in [2.05, 4.69) is 15.6 Å². The highest BCUT2D eigenvalue weighted by atomic mass is 16.2. The average molecular weight is 234 g/mol. The molecule has 90 valence electrons. The minimum atomic E-state index is -0.258. The Hall–Kier alpha value is -1.95. The van der Waals surface area contributed by atoms with E-state index in [4.69, 9.17) is 0 Å². The molecule has 17 heavy (non-hydrogen) atoms. The molecule has 6 heteroatoms. The van der Waals surface area contributed by atoms with E-state index in [9.17, 15) is 9.59 Å². The monoisotopic (exact) mass is 234 g/mol. The Morgan fingerprint density at radius 2 is 2.12 bits per heavy atom. The maximum atomic E-state index is 11.2. The number of aromatic nitrogens is 1. The normalized spacial score (nSPS) is 16.8. The summed E-state index contributed by atoms with van der Waals surface area (Å²) in [6.07, 6.45) is 1.70. The summed E-state index contributed by atoms with van der Waals surface area (Å²) in [5.41, 5.74) is 1.79. The van der Waals surface area contributed by atoms with Crippen LogP contribution in [0.1, 0.15) is 5.69 Å². The van der Waals surface area contributed by atoms with Crippen molar-refractivity contribution in [3.05, 3.63) is 24.0 Å². The average Bonchev–Trinajstić information content (AvgIpc) is 2.28. The Balaban J connectivity index is 2.04. The molecular formula is C11H14N4O2. The number of nitrogens with zero attached hydrogens (tertiary/aromatic N) is 2. The first kappa shape index (κ1) is 11.5. The quantitative estimate of drug-likeness (QED) is 0.695. The lowest BCUT2D eigenvalue weighted by Crippen LogP contribution is -2.50. The second kappa shape index (κ2) is 4.92. The van der Waals surface area contributed by atoms with Gasteiger partial charge in [-0.2, -0.15) is 0 Å². The molecule has 2 amide bonds. The molecule has 2 N–H and O–H groups in total. The summed E-state index contributed by atoms with van der Waals surface area (Å²) in [5.74, 6) is -0.517. The zero-order chi connectivity index (χ0) is 12.3. The number of anilines is 1. The van der Waals surface area contributed by atoms with Crippen LogP contribution in [0.3, 0.4) is 0 Å². The standard InChI is InChI=1S/C11H14N4O2/c1-12-8-2-3-13-9(4-8)5-15-6-10(16)14-11(17)7-15/h2-4H,5-7H2,1H3,(H,12,13)(H,14,16,17). The smallest absolute Gasteiger partial charge is 0.240 e. The third kappa shape index (κ3) is 3.01. The number of carbonyl (C=O) groups excluding carboxylic acids is 2. The summed E-state index contributed by atoms with van der Waals surface area (Å²) in [6, 6.07) is 3.76. The highest BCUT2D eigenvalue weighted by Crippen LogP contribution is 2.09. The van der Waals surface area contributed by atoms with Gasteiger partial charge in [-0.3, -0.25) is 24.8 Å². The topological polar surface area (TPSA) is 74.3 Å². The molecule has 2 heterocycles. The van der Waals surface area contributed by atoms with Crippen LogP contribution < -0.4 is 10.6 Å². The van der Waals surface area contributed by atoms with Crippen LogP contribution in [-0.4, -0.2) is 41.8 Å². The lowest BCUT2D eigenvalue weighted by atomic mass is 10.2. The minimum Gasteiger partial charge on any atom is -0.388 e. The van der Waals surface area contributed by atoms with E-state index in [1.807, 2.05) is 19.2 Å². The molecule has 1 saturated heterocycles.